The third kappa shape index (κ3) is 5.15. The molecule has 3 atom stereocenters. The fraction of sp³-hybridized carbons (Fsp3) is 0.333. The molecule has 1 fully saturated rings. The molecule has 0 spiro atoms. The molecular weight excluding hydrogens is 460 g/mol. The van der Waals surface area contributed by atoms with Gasteiger partial charge >= 0.3 is 0 Å². The van der Waals surface area contributed by atoms with E-state index in [1.165, 1.54) is 0 Å². The first kappa shape index (κ1) is 23.7. The van der Waals surface area contributed by atoms with E-state index in [1.807, 2.05) is 74.5 Å². The molecule has 1 aliphatic heterocycles. The van der Waals surface area contributed by atoms with Gasteiger partial charge in [-0.3, -0.25) is 0 Å². The van der Waals surface area contributed by atoms with Crippen molar-refractivity contribution in [2.75, 3.05) is 18.0 Å². The number of benzene rings is 2. The third-order valence-electron chi connectivity index (χ3n) is 6.35. The largest absolute Gasteiger partial charge is 0.391 e. The van der Waals surface area contributed by atoms with Crippen LogP contribution in [0.15, 0.2) is 71.3 Å². The molecule has 7 nitrogen and oxygen atoms in total. The fourth-order valence-corrected chi connectivity index (χ4v) is 5.27. The Hall–Kier alpha value is -3.07. The fourth-order valence-electron chi connectivity index (χ4n) is 4.50. The van der Waals surface area contributed by atoms with E-state index < -0.39 is 11.0 Å². The van der Waals surface area contributed by atoms with Crippen LogP contribution in [0.2, 0.25) is 0 Å². The highest BCUT2D eigenvalue weighted by atomic mass is 32.2. The van der Waals surface area contributed by atoms with Gasteiger partial charge in [0, 0.05) is 41.4 Å². The Morgan fingerprint density at radius 2 is 1.91 bits per heavy atom. The van der Waals surface area contributed by atoms with Crippen molar-refractivity contribution in [2.45, 2.75) is 44.1 Å². The lowest BCUT2D eigenvalue weighted by Crippen LogP contribution is -2.30. The van der Waals surface area contributed by atoms with Gasteiger partial charge in [0.1, 0.15) is 11.5 Å². The van der Waals surface area contributed by atoms with Crippen molar-refractivity contribution in [3.8, 4) is 11.3 Å². The van der Waals surface area contributed by atoms with Crippen LogP contribution in [0.3, 0.4) is 0 Å². The van der Waals surface area contributed by atoms with Crippen LogP contribution in [-0.4, -0.2) is 43.9 Å². The first-order valence-corrected chi connectivity index (χ1v) is 13.2. The Morgan fingerprint density at radius 1 is 1.11 bits per heavy atom. The summed E-state index contributed by atoms with van der Waals surface area (Å²) in [6.45, 7) is 5.26. The first-order valence-electron chi connectivity index (χ1n) is 12.0. The highest BCUT2D eigenvalue weighted by Crippen LogP contribution is 2.34. The summed E-state index contributed by atoms with van der Waals surface area (Å²) in [5, 5.41) is 15.2. The molecule has 8 heteroatoms. The van der Waals surface area contributed by atoms with Crippen LogP contribution in [0, 0.1) is 0 Å². The van der Waals surface area contributed by atoms with E-state index in [-0.39, 0.29) is 17.4 Å². The maximum absolute atomic E-state index is 12.9. The maximum atomic E-state index is 12.9. The molecule has 4 aromatic rings. The van der Waals surface area contributed by atoms with E-state index in [2.05, 4.69) is 20.8 Å². The minimum Gasteiger partial charge on any atom is -0.391 e. The summed E-state index contributed by atoms with van der Waals surface area (Å²) in [4.78, 5) is 7.00. The number of nitrogens with zero attached hydrogens (tertiary/aromatic N) is 3. The molecule has 0 unspecified atom stereocenters. The first-order chi connectivity index (χ1) is 17.0. The van der Waals surface area contributed by atoms with Crippen molar-refractivity contribution < 1.29 is 13.8 Å². The average molecular weight is 491 g/mol. The van der Waals surface area contributed by atoms with Crippen molar-refractivity contribution in [1.82, 2.24) is 14.9 Å². The number of para-hydroxylation sites is 1. The SMILES string of the molecule is CC(C)[S@](=O)N[C@@H](Cc1cccc(N2CC[C@@H](O)C2)n1)c1ccccc1-c1noc2ccccc12. The van der Waals surface area contributed by atoms with Crippen LogP contribution in [0.4, 0.5) is 5.82 Å². The number of rotatable bonds is 8. The Bertz CT molecular complexity index is 1340. The predicted octanol–water partition coefficient (Wildman–Crippen LogP) is 4.41. The molecule has 5 rings (SSSR count). The van der Waals surface area contributed by atoms with E-state index in [0.717, 1.165) is 52.3 Å². The van der Waals surface area contributed by atoms with Crippen LogP contribution in [0.25, 0.3) is 22.2 Å². The standard InChI is InChI=1S/C27H30N4O3S/c1-18(2)35(33)30-24(16-19-8-7-13-26(28-19)31-15-14-20(32)17-31)21-9-3-4-10-22(21)27-23-11-5-6-12-25(23)34-29-27/h3-13,18,20,24,30,32H,14-17H2,1-2H3/t20-,24+,35+/m1/s1. The van der Waals surface area contributed by atoms with Crippen LogP contribution < -0.4 is 9.62 Å². The Kier molecular flexibility index (Phi) is 6.95. The lowest BCUT2D eigenvalue weighted by Gasteiger charge is -2.23. The summed E-state index contributed by atoms with van der Waals surface area (Å²) >= 11 is 0. The smallest absolute Gasteiger partial charge is 0.167 e. The molecule has 3 heterocycles. The minimum atomic E-state index is -1.24. The quantitative estimate of drug-likeness (QED) is 0.380. The molecule has 0 radical (unpaired) electrons. The monoisotopic (exact) mass is 490 g/mol. The summed E-state index contributed by atoms with van der Waals surface area (Å²) < 4.78 is 21.9. The summed E-state index contributed by atoms with van der Waals surface area (Å²) in [5.74, 6) is 0.860. The van der Waals surface area contributed by atoms with Crippen molar-refractivity contribution in [3.05, 3.63) is 78.0 Å². The lowest BCUT2D eigenvalue weighted by atomic mass is 9.94. The Morgan fingerprint density at radius 3 is 2.71 bits per heavy atom. The van der Waals surface area contributed by atoms with Gasteiger partial charge < -0.3 is 14.5 Å². The number of fused-ring (bicyclic) bond motifs is 1. The van der Waals surface area contributed by atoms with Crippen molar-refractivity contribution >= 4 is 27.8 Å². The zero-order chi connectivity index (χ0) is 24.4. The van der Waals surface area contributed by atoms with E-state index in [9.17, 15) is 9.32 Å². The second-order valence-corrected chi connectivity index (χ2v) is 11.0. The third-order valence-corrected chi connectivity index (χ3v) is 7.72. The van der Waals surface area contributed by atoms with Crippen LogP contribution in [-0.2, 0) is 17.4 Å². The molecule has 0 aliphatic carbocycles. The van der Waals surface area contributed by atoms with Gasteiger partial charge in [-0.15, -0.1) is 0 Å². The molecule has 2 aromatic heterocycles. The number of aromatic nitrogens is 2. The molecule has 182 valence electrons. The predicted molar refractivity (Wildman–Crippen MR) is 139 cm³/mol. The highest BCUT2D eigenvalue weighted by molar-refractivity contribution is 7.83. The van der Waals surface area contributed by atoms with Gasteiger partial charge in [-0.05, 0) is 50.1 Å². The molecule has 2 aromatic carbocycles. The number of anilines is 1. The molecule has 35 heavy (non-hydrogen) atoms. The summed E-state index contributed by atoms with van der Waals surface area (Å²) in [7, 11) is -1.24. The number of hydrogen-bond donors (Lipinski definition) is 2. The van der Waals surface area contributed by atoms with Gasteiger partial charge in [-0.25, -0.2) is 13.9 Å². The Balaban J connectivity index is 1.52. The number of aliphatic hydroxyl groups is 1. The van der Waals surface area contributed by atoms with Crippen molar-refractivity contribution in [2.24, 2.45) is 0 Å². The van der Waals surface area contributed by atoms with Crippen molar-refractivity contribution in [3.63, 3.8) is 0 Å². The molecule has 0 bridgehead atoms. The lowest BCUT2D eigenvalue weighted by molar-refractivity contribution is 0.198. The topological polar surface area (TPSA) is 91.5 Å². The van der Waals surface area contributed by atoms with Crippen molar-refractivity contribution in [1.29, 1.82) is 0 Å². The second kappa shape index (κ2) is 10.3. The summed E-state index contributed by atoms with van der Waals surface area (Å²) in [6, 6.07) is 21.6. The number of aliphatic hydroxyl groups excluding tert-OH is 1. The highest BCUT2D eigenvalue weighted by Gasteiger charge is 2.25. The van der Waals surface area contributed by atoms with E-state index in [0.29, 0.717) is 13.0 Å². The van der Waals surface area contributed by atoms with Crippen LogP contribution >= 0.6 is 0 Å². The Labute approximate surface area is 207 Å². The molecule has 1 aliphatic rings. The zero-order valence-corrected chi connectivity index (χ0v) is 20.7. The number of β-amino-alcohol motifs (C(OH)–C–C–N with tert-alkyl or cyclic N) is 1. The van der Waals surface area contributed by atoms with Gasteiger partial charge in [-0.1, -0.05) is 47.6 Å². The average Bonchev–Trinajstić information content (AvgIpc) is 3.50. The van der Waals surface area contributed by atoms with Gasteiger partial charge in [0.2, 0.25) is 0 Å². The minimum absolute atomic E-state index is 0.0390. The molecular formula is C27H30N4O3S. The number of hydrogen-bond acceptors (Lipinski definition) is 6. The van der Waals surface area contributed by atoms with Crippen LogP contribution in [0.5, 0.6) is 0 Å². The second-order valence-electron chi connectivity index (χ2n) is 9.21. The van der Waals surface area contributed by atoms with E-state index in [4.69, 9.17) is 9.51 Å². The maximum Gasteiger partial charge on any atom is 0.167 e. The van der Waals surface area contributed by atoms with Gasteiger partial charge in [0.15, 0.2) is 5.58 Å². The van der Waals surface area contributed by atoms with E-state index >= 15 is 0 Å². The van der Waals surface area contributed by atoms with Gasteiger partial charge in [0.25, 0.3) is 0 Å². The molecule has 0 saturated carbocycles. The van der Waals surface area contributed by atoms with Gasteiger partial charge in [0.05, 0.1) is 23.1 Å². The van der Waals surface area contributed by atoms with E-state index in [1.54, 1.807) is 0 Å². The normalized spacial score (nSPS) is 17.8. The summed E-state index contributed by atoms with van der Waals surface area (Å²) in [6.07, 6.45) is 0.991. The number of nitrogens with one attached hydrogen (secondary N) is 1. The van der Waals surface area contributed by atoms with Gasteiger partial charge in [-0.2, -0.15) is 0 Å². The summed E-state index contributed by atoms with van der Waals surface area (Å²) in [5.41, 5.74) is 4.32. The zero-order valence-electron chi connectivity index (χ0n) is 19.9. The molecule has 2 N–H and O–H groups in total. The van der Waals surface area contributed by atoms with Crippen LogP contribution in [0.1, 0.15) is 37.6 Å². The number of pyridine rings is 1. The molecule has 1 saturated heterocycles. The molecule has 0 amide bonds.